The number of hydrogen-bond donors (Lipinski definition) is 0. The molecule has 0 spiro atoms. The highest BCUT2D eigenvalue weighted by atomic mass is 35.5. The molecule has 0 radical (unpaired) electrons. The van der Waals surface area contributed by atoms with Crippen LogP contribution in [0.3, 0.4) is 0 Å². The summed E-state index contributed by atoms with van der Waals surface area (Å²) < 4.78 is 4.25. The molecule has 2 nitrogen and oxygen atoms in total. The van der Waals surface area contributed by atoms with Crippen molar-refractivity contribution in [2.45, 2.75) is 4.90 Å². The minimum atomic E-state index is 0.737. The Morgan fingerprint density at radius 3 is 2.69 bits per heavy atom. The van der Waals surface area contributed by atoms with Crippen LogP contribution in [-0.4, -0.2) is 11.2 Å². The van der Waals surface area contributed by atoms with Crippen molar-refractivity contribution >= 4 is 29.8 Å². The molecule has 0 aliphatic heterocycles. The van der Waals surface area contributed by atoms with Crippen molar-refractivity contribution < 1.29 is 0 Å². The first-order chi connectivity index (χ1) is 7.84. The third-order valence-corrected chi connectivity index (χ3v) is 2.80. The van der Waals surface area contributed by atoms with Crippen LogP contribution < -0.4 is 0 Å². The molecular formula is C12H9ClN2S. The zero-order chi connectivity index (χ0) is 11.2. The first kappa shape index (κ1) is 11.2. The third-order valence-electron chi connectivity index (χ3n) is 1.86. The van der Waals surface area contributed by atoms with Gasteiger partial charge in [0, 0.05) is 46.0 Å². The van der Waals surface area contributed by atoms with E-state index in [2.05, 4.69) is 9.38 Å². The second-order valence-corrected chi connectivity index (χ2v) is 4.37. The highest BCUT2D eigenvalue weighted by Gasteiger charge is 1.91. The maximum Gasteiger partial charge on any atom is 0.0443 e. The lowest BCUT2D eigenvalue weighted by Gasteiger charge is -1.95. The normalized spacial score (nSPS) is 10.8. The first-order valence-electron chi connectivity index (χ1n) is 4.70. The number of pyridine rings is 1. The zero-order valence-electron chi connectivity index (χ0n) is 8.38. The van der Waals surface area contributed by atoms with E-state index < -0.39 is 0 Å². The van der Waals surface area contributed by atoms with Crippen molar-refractivity contribution in [1.82, 2.24) is 4.98 Å². The molecule has 1 heterocycles. The molecule has 1 aromatic heterocycles. The Morgan fingerprint density at radius 2 is 2.00 bits per heavy atom. The average molecular weight is 249 g/mol. The van der Waals surface area contributed by atoms with Gasteiger partial charge >= 0.3 is 0 Å². The van der Waals surface area contributed by atoms with Crippen molar-refractivity contribution in [3.63, 3.8) is 0 Å². The van der Waals surface area contributed by atoms with Crippen LogP contribution in [0.4, 0.5) is 0 Å². The molecule has 80 valence electrons. The fraction of sp³-hybridized carbons (Fsp3) is 0. The minimum Gasteiger partial charge on any atom is -0.264 e. The summed E-state index contributed by atoms with van der Waals surface area (Å²) in [5.74, 6) is 0. The topological polar surface area (TPSA) is 25.2 Å². The van der Waals surface area contributed by atoms with Gasteiger partial charge in [-0.2, -0.15) is 0 Å². The van der Waals surface area contributed by atoms with Gasteiger partial charge in [-0.3, -0.25) is 4.98 Å². The maximum atomic E-state index is 5.79. The zero-order valence-corrected chi connectivity index (χ0v) is 9.95. The van der Waals surface area contributed by atoms with E-state index in [9.17, 15) is 0 Å². The predicted molar refractivity (Wildman–Crippen MR) is 69.1 cm³/mol. The Bertz CT molecular complexity index is 468. The number of halogens is 1. The first-order valence-corrected chi connectivity index (χ1v) is 5.86. The smallest absolute Gasteiger partial charge is 0.0443 e. The second-order valence-electron chi connectivity index (χ2n) is 3.07. The highest BCUT2D eigenvalue weighted by Crippen LogP contribution is 2.20. The largest absolute Gasteiger partial charge is 0.264 e. The molecule has 0 atom stereocenters. The fourth-order valence-corrected chi connectivity index (χ4v) is 1.78. The Labute approximate surface area is 104 Å². The van der Waals surface area contributed by atoms with E-state index >= 15 is 0 Å². The van der Waals surface area contributed by atoms with Crippen LogP contribution in [0.15, 0.2) is 58.1 Å². The summed E-state index contributed by atoms with van der Waals surface area (Å²) in [6.07, 6.45) is 5.29. The van der Waals surface area contributed by atoms with Crippen molar-refractivity contribution in [2.75, 3.05) is 0 Å². The molecule has 2 aromatic rings. The SMILES string of the molecule is Clc1ccc(SN=Cc2cccnc2)cc1. The molecule has 0 aliphatic rings. The van der Waals surface area contributed by atoms with Crippen LogP contribution in [0, 0.1) is 0 Å². The maximum absolute atomic E-state index is 5.79. The Balaban J connectivity index is 1.97. The second kappa shape index (κ2) is 5.68. The number of aromatic nitrogens is 1. The molecule has 1 aromatic carbocycles. The lowest BCUT2D eigenvalue weighted by Crippen LogP contribution is -1.79. The summed E-state index contributed by atoms with van der Waals surface area (Å²) in [5, 5.41) is 0.737. The predicted octanol–water partition coefficient (Wildman–Crippen LogP) is 3.86. The van der Waals surface area contributed by atoms with E-state index in [1.807, 2.05) is 36.4 Å². The van der Waals surface area contributed by atoms with Crippen molar-refractivity contribution in [1.29, 1.82) is 0 Å². The monoisotopic (exact) mass is 248 g/mol. The number of nitrogens with zero attached hydrogens (tertiary/aromatic N) is 2. The van der Waals surface area contributed by atoms with Crippen LogP contribution >= 0.6 is 23.5 Å². The van der Waals surface area contributed by atoms with Gasteiger partial charge in [-0.25, -0.2) is 4.40 Å². The average Bonchev–Trinajstić information content (AvgIpc) is 2.33. The van der Waals surface area contributed by atoms with Gasteiger partial charge in [0.1, 0.15) is 0 Å². The molecule has 2 rings (SSSR count). The Kier molecular flexibility index (Phi) is 3.97. The number of benzene rings is 1. The molecule has 0 amide bonds. The molecule has 0 unspecified atom stereocenters. The fourth-order valence-electron chi connectivity index (χ4n) is 1.10. The molecule has 0 aliphatic carbocycles. The highest BCUT2D eigenvalue weighted by molar-refractivity contribution is 7.98. The van der Waals surface area contributed by atoms with Crippen molar-refractivity contribution in [3.05, 3.63) is 59.4 Å². The van der Waals surface area contributed by atoms with E-state index in [0.29, 0.717) is 0 Å². The van der Waals surface area contributed by atoms with Gasteiger partial charge in [0.15, 0.2) is 0 Å². The van der Waals surface area contributed by atoms with Gasteiger partial charge in [0.2, 0.25) is 0 Å². The summed E-state index contributed by atoms with van der Waals surface area (Å²) in [6.45, 7) is 0. The molecule has 4 heteroatoms. The van der Waals surface area contributed by atoms with Gasteiger partial charge in [0.05, 0.1) is 0 Å². The molecular weight excluding hydrogens is 240 g/mol. The van der Waals surface area contributed by atoms with E-state index in [1.165, 1.54) is 11.9 Å². The van der Waals surface area contributed by atoms with Crippen molar-refractivity contribution in [2.24, 2.45) is 4.40 Å². The van der Waals surface area contributed by atoms with Crippen LogP contribution in [-0.2, 0) is 0 Å². The van der Waals surface area contributed by atoms with E-state index in [-0.39, 0.29) is 0 Å². The minimum absolute atomic E-state index is 0.737. The van der Waals surface area contributed by atoms with Crippen molar-refractivity contribution in [3.8, 4) is 0 Å². The molecule has 0 fully saturated rings. The summed E-state index contributed by atoms with van der Waals surface area (Å²) in [7, 11) is 0. The summed E-state index contributed by atoms with van der Waals surface area (Å²) in [6, 6.07) is 11.4. The lowest BCUT2D eigenvalue weighted by atomic mass is 10.3. The lowest BCUT2D eigenvalue weighted by molar-refractivity contribution is 1.32. The molecule has 0 saturated heterocycles. The van der Waals surface area contributed by atoms with Gasteiger partial charge in [-0.1, -0.05) is 17.7 Å². The van der Waals surface area contributed by atoms with Gasteiger partial charge < -0.3 is 0 Å². The Morgan fingerprint density at radius 1 is 1.19 bits per heavy atom. The van der Waals surface area contributed by atoms with E-state index in [4.69, 9.17) is 11.6 Å². The van der Waals surface area contributed by atoms with E-state index in [1.54, 1.807) is 18.6 Å². The van der Waals surface area contributed by atoms with E-state index in [0.717, 1.165) is 15.5 Å². The van der Waals surface area contributed by atoms with Crippen LogP contribution in [0.1, 0.15) is 5.56 Å². The molecule has 0 saturated carbocycles. The Hall–Kier alpha value is -1.32. The van der Waals surface area contributed by atoms with Gasteiger partial charge in [0.25, 0.3) is 0 Å². The molecule has 16 heavy (non-hydrogen) atoms. The third kappa shape index (κ3) is 3.36. The molecule has 0 N–H and O–H groups in total. The summed E-state index contributed by atoms with van der Waals surface area (Å²) >= 11 is 7.19. The van der Waals surface area contributed by atoms with Crippen LogP contribution in [0.2, 0.25) is 5.02 Å². The number of hydrogen-bond acceptors (Lipinski definition) is 3. The van der Waals surface area contributed by atoms with Gasteiger partial charge in [-0.15, -0.1) is 0 Å². The standard InChI is InChI=1S/C12H9ClN2S/c13-11-3-5-12(6-4-11)16-15-9-10-2-1-7-14-8-10/h1-9H. The summed E-state index contributed by atoms with van der Waals surface area (Å²) in [4.78, 5) is 5.06. The van der Waals surface area contributed by atoms with Gasteiger partial charge in [-0.05, 0) is 30.3 Å². The summed E-state index contributed by atoms with van der Waals surface area (Å²) in [5.41, 5.74) is 0.990. The molecule has 0 bridgehead atoms. The van der Waals surface area contributed by atoms with Crippen LogP contribution in [0.5, 0.6) is 0 Å². The van der Waals surface area contributed by atoms with Crippen LogP contribution in [0.25, 0.3) is 0 Å². The quantitative estimate of drug-likeness (QED) is 0.609. The number of rotatable bonds is 3.